The van der Waals surface area contributed by atoms with Crippen LogP contribution in [0.5, 0.6) is 0 Å². The second-order valence-electron chi connectivity index (χ2n) is 3.85. The van der Waals surface area contributed by atoms with Crippen LogP contribution in [0.15, 0.2) is 19.8 Å². The Morgan fingerprint density at radius 2 is 1.53 bits per heavy atom. The van der Waals surface area contributed by atoms with Crippen LogP contribution in [0.4, 0.5) is 10.5 Å². The normalized spacial score (nSPS) is 16.5. The summed E-state index contributed by atoms with van der Waals surface area (Å²) in [7, 11) is 0. The third-order valence-corrected chi connectivity index (χ3v) is 14.1. The summed E-state index contributed by atoms with van der Waals surface area (Å²) >= 11 is -10.7. The first-order valence-corrected chi connectivity index (χ1v) is 14.0. The molecule has 0 unspecified atom stereocenters. The van der Waals surface area contributed by atoms with E-state index in [1.54, 1.807) is 20.8 Å². The molecule has 3 nitrogen and oxygen atoms in total. The van der Waals surface area contributed by atoms with Gasteiger partial charge in [0.25, 0.3) is 0 Å². The van der Waals surface area contributed by atoms with Gasteiger partial charge in [-0.25, -0.2) is 0 Å². The second-order valence-corrected chi connectivity index (χ2v) is 13.4. The molecule has 1 aliphatic carbocycles. The Bertz CT molecular complexity index is 352. The van der Waals surface area contributed by atoms with Crippen LogP contribution < -0.4 is 0 Å². The molecule has 0 atom stereocenters. The predicted octanol–water partition coefficient (Wildman–Crippen LogP) is 3.60. The van der Waals surface area contributed by atoms with Gasteiger partial charge in [0.1, 0.15) is 0 Å². The zero-order chi connectivity index (χ0) is 14.5. The Kier molecular flexibility index (Phi) is 7.00. The van der Waals surface area contributed by atoms with E-state index in [0.29, 0.717) is 19.8 Å². The maximum atomic E-state index is 13.2. The van der Waals surface area contributed by atoms with Crippen LogP contribution in [0.2, 0.25) is 0 Å². The number of halogens is 3. The van der Waals surface area contributed by atoms with E-state index >= 15 is 0 Å². The van der Waals surface area contributed by atoms with E-state index in [2.05, 4.69) is 0 Å². The van der Waals surface area contributed by atoms with Gasteiger partial charge in [-0.15, -0.1) is 0 Å². The number of allylic oxidation sites excluding steroid dienone is 4. The van der Waals surface area contributed by atoms with Crippen molar-refractivity contribution in [2.45, 2.75) is 27.2 Å². The first-order chi connectivity index (χ1) is 8.91. The summed E-state index contributed by atoms with van der Waals surface area (Å²) in [5.41, 5.74) is 0. The van der Waals surface area contributed by atoms with Crippen LogP contribution in [0.3, 0.4) is 0 Å². The minimum atomic E-state index is -6.40. The first kappa shape index (κ1) is 17.6. The monoisotopic (exact) mass is 420 g/mol. The van der Waals surface area contributed by atoms with Crippen molar-refractivity contribution in [1.29, 1.82) is 0 Å². The molecule has 8 heteroatoms. The van der Waals surface area contributed by atoms with E-state index in [0.717, 1.165) is 0 Å². The molecule has 0 bridgehead atoms. The van der Waals surface area contributed by atoms with Gasteiger partial charge in [-0.2, -0.15) is 0 Å². The van der Waals surface area contributed by atoms with E-state index in [1.165, 1.54) is 12.2 Å². The molecule has 19 heavy (non-hydrogen) atoms. The van der Waals surface area contributed by atoms with Crippen molar-refractivity contribution in [2.75, 3.05) is 19.8 Å². The molecule has 1 rings (SSSR count). The van der Waals surface area contributed by atoms with Gasteiger partial charge in [0, 0.05) is 0 Å². The molecule has 0 aliphatic heterocycles. The molecule has 0 spiro atoms. The van der Waals surface area contributed by atoms with E-state index in [1.807, 2.05) is 0 Å². The molecule has 0 amide bonds. The predicted molar refractivity (Wildman–Crippen MR) is 64.7 cm³/mol. The van der Waals surface area contributed by atoms with Crippen molar-refractivity contribution in [1.82, 2.24) is 0 Å². The summed E-state index contributed by atoms with van der Waals surface area (Å²) in [6.07, 6.45) is 2.96. The molecule has 0 fully saturated rings. The van der Waals surface area contributed by atoms with Crippen LogP contribution in [0.1, 0.15) is 27.2 Å². The molecule has 0 aromatic heterocycles. The van der Waals surface area contributed by atoms with Crippen LogP contribution in [0.25, 0.3) is 0 Å². The summed E-state index contributed by atoms with van der Waals surface area (Å²) in [5.74, 6) is 0. The molecule has 0 saturated carbocycles. The minimum absolute atomic E-state index is 0.246. The molecule has 0 heterocycles. The third-order valence-electron chi connectivity index (χ3n) is 2.61. The maximum absolute atomic E-state index is 13.2. The number of hydrogen-bond donors (Lipinski definition) is 0. The Labute approximate surface area is 121 Å². The molecule has 110 valence electrons. The zero-order valence-corrected chi connectivity index (χ0v) is 15.9. The average molecular weight is 420 g/mol. The SMILES string of the molecule is CC[O][Zr]([O]CC)([O]CC)[C]1=[C]([Ge]([F])([F])[F])C=CC1. The van der Waals surface area contributed by atoms with Crippen molar-refractivity contribution in [2.24, 2.45) is 0 Å². The Morgan fingerprint density at radius 1 is 1.05 bits per heavy atom. The van der Waals surface area contributed by atoms with E-state index in [-0.39, 0.29) is 9.70 Å². The molecule has 0 N–H and O–H groups in total. The summed E-state index contributed by atoms with van der Waals surface area (Å²) in [5, 5.41) is 0. The van der Waals surface area contributed by atoms with Crippen LogP contribution in [-0.4, -0.2) is 34.5 Å². The van der Waals surface area contributed by atoms with E-state index < -0.39 is 40.7 Å². The van der Waals surface area contributed by atoms with Crippen LogP contribution >= 0.6 is 0 Å². The van der Waals surface area contributed by atoms with E-state index in [4.69, 9.17) is 8.44 Å². The zero-order valence-electron chi connectivity index (χ0n) is 11.3. The quantitative estimate of drug-likeness (QED) is 0.562. The molecule has 1 aliphatic rings. The summed E-state index contributed by atoms with van der Waals surface area (Å²) < 4.78 is 56.3. The molecule has 0 aromatic carbocycles. The van der Waals surface area contributed by atoms with Crippen LogP contribution in [-0.2, 0) is 30.0 Å². The van der Waals surface area contributed by atoms with Crippen molar-refractivity contribution in [3.63, 3.8) is 0 Å². The van der Waals surface area contributed by atoms with Gasteiger partial charge in [-0.05, 0) is 0 Å². The van der Waals surface area contributed by atoms with Gasteiger partial charge in [0.2, 0.25) is 0 Å². The molecule has 0 radical (unpaired) electrons. The van der Waals surface area contributed by atoms with E-state index in [9.17, 15) is 10.5 Å². The van der Waals surface area contributed by atoms with Crippen molar-refractivity contribution in [3.8, 4) is 0 Å². The fraction of sp³-hybridized carbons (Fsp3) is 0.636. The Morgan fingerprint density at radius 3 is 1.89 bits per heavy atom. The van der Waals surface area contributed by atoms with Gasteiger partial charge in [-0.3, -0.25) is 0 Å². The van der Waals surface area contributed by atoms with Gasteiger partial charge in [-0.1, -0.05) is 0 Å². The average Bonchev–Trinajstić information content (AvgIpc) is 2.78. The Balaban J connectivity index is 3.22. The van der Waals surface area contributed by atoms with Crippen molar-refractivity contribution in [3.05, 3.63) is 19.8 Å². The summed E-state index contributed by atoms with van der Waals surface area (Å²) in [6, 6.07) is 0. The molecule has 0 saturated heterocycles. The topological polar surface area (TPSA) is 27.7 Å². The van der Waals surface area contributed by atoms with Gasteiger partial charge >= 0.3 is 122 Å². The number of hydrogen-bond acceptors (Lipinski definition) is 3. The van der Waals surface area contributed by atoms with Gasteiger partial charge in [0.05, 0.1) is 0 Å². The molecular weight excluding hydrogens is 401 g/mol. The first-order valence-electron chi connectivity index (χ1n) is 6.30. The molecular formula is C11H19F3GeO3Zr. The van der Waals surface area contributed by atoms with Crippen molar-refractivity contribution < 1.29 is 40.5 Å². The second kappa shape index (κ2) is 7.55. The van der Waals surface area contributed by atoms with Crippen molar-refractivity contribution >= 4 is 14.7 Å². The van der Waals surface area contributed by atoms with Gasteiger partial charge < -0.3 is 0 Å². The van der Waals surface area contributed by atoms with Gasteiger partial charge in [0.15, 0.2) is 0 Å². The molecule has 0 aromatic rings. The number of rotatable bonds is 8. The Hall–Kier alpha value is 0.576. The van der Waals surface area contributed by atoms with Crippen LogP contribution in [0, 0.1) is 0 Å². The summed E-state index contributed by atoms with van der Waals surface area (Å²) in [6.45, 7) is 6.16. The third kappa shape index (κ3) is 4.27. The fourth-order valence-corrected chi connectivity index (χ4v) is 13.9. The standard InChI is InChI=1S/C5H4F3Ge.3C2H5O.Zr/c6-9(7,8)5-3-1-2-4-5;3*1-2-3;/h1,3H,2H2;3*2H2,1H3;/q;3*-1;+3. The summed E-state index contributed by atoms with van der Waals surface area (Å²) in [4.78, 5) is 0. The fourth-order valence-electron chi connectivity index (χ4n) is 2.02.